The highest BCUT2D eigenvalue weighted by molar-refractivity contribution is 6.09. The van der Waals surface area contributed by atoms with E-state index in [9.17, 15) is 4.79 Å². The van der Waals surface area contributed by atoms with E-state index in [1.165, 1.54) is 0 Å². The Labute approximate surface area is 129 Å². The normalized spacial score (nSPS) is 29.9. The van der Waals surface area contributed by atoms with E-state index in [1.807, 2.05) is 53.4 Å². The summed E-state index contributed by atoms with van der Waals surface area (Å²) in [4.78, 5) is 14.8. The van der Waals surface area contributed by atoms with Crippen LogP contribution >= 0.6 is 0 Å². The van der Waals surface area contributed by atoms with Gasteiger partial charge in [0, 0.05) is 11.6 Å². The third kappa shape index (κ3) is 1.61. The van der Waals surface area contributed by atoms with E-state index in [0.29, 0.717) is 6.54 Å². The van der Waals surface area contributed by atoms with Gasteiger partial charge in [-0.2, -0.15) is 10.2 Å². The Kier molecular flexibility index (Phi) is 2.86. The van der Waals surface area contributed by atoms with Crippen molar-refractivity contribution in [1.29, 1.82) is 0 Å². The van der Waals surface area contributed by atoms with Gasteiger partial charge in [-0.3, -0.25) is 9.69 Å². The summed E-state index contributed by atoms with van der Waals surface area (Å²) in [6.07, 6.45) is 0. The molecule has 4 nitrogen and oxygen atoms in total. The molecule has 1 spiro atoms. The number of azo groups is 1. The van der Waals surface area contributed by atoms with E-state index in [0.717, 1.165) is 11.3 Å². The molecule has 1 fully saturated rings. The molecule has 2 aliphatic heterocycles. The Hall–Kier alpha value is -2.49. The summed E-state index contributed by atoms with van der Waals surface area (Å²) in [6, 6.07) is 19.9. The van der Waals surface area contributed by atoms with Crippen molar-refractivity contribution in [2.45, 2.75) is 18.5 Å². The van der Waals surface area contributed by atoms with Crippen molar-refractivity contribution in [3.8, 4) is 0 Å². The number of hydrogen-bond acceptors (Lipinski definition) is 3. The Morgan fingerprint density at radius 1 is 1.05 bits per heavy atom. The molecule has 2 heterocycles. The molecule has 110 valence electrons. The van der Waals surface area contributed by atoms with Crippen LogP contribution in [-0.2, 0) is 4.79 Å². The molecule has 0 unspecified atom stereocenters. The monoisotopic (exact) mass is 291 g/mol. The van der Waals surface area contributed by atoms with Crippen molar-refractivity contribution in [3.05, 3.63) is 66.2 Å². The Balaban J connectivity index is 1.83. The lowest BCUT2D eigenvalue weighted by Gasteiger charge is -2.53. The summed E-state index contributed by atoms with van der Waals surface area (Å²) in [7, 11) is 0. The van der Waals surface area contributed by atoms with Crippen LogP contribution in [0.1, 0.15) is 18.5 Å². The highest BCUT2D eigenvalue weighted by Gasteiger charge is 2.66. The first-order chi connectivity index (χ1) is 10.7. The maximum absolute atomic E-state index is 13.0. The van der Waals surface area contributed by atoms with Crippen LogP contribution < -0.4 is 4.90 Å². The van der Waals surface area contributed by atoms with E-state index in [-0.39, 0.29) is 17.9 Å². The predicted octanol–water partition coefficient (Wildman–Crippen LogP) is 3.62. The maximum Gasteiger partial charge on any atom is 0.260 e. The first-order valence-corrected chi connectivity index (χ1v) is 7.57. The molecule has 0 aliphatic carbocycles. The fourth-order valence-corrected chi connectivity index (χ4v) is 3.55. The van der Waals surface area contributed by atoms with Crippen molar-refractivity contribution in [2.24, 2.45) is 16.1 Å². The topological polar surface area (TPSA) is 45.0 Å². The Morgan fingerprint density at radius 3 is 2.27 bits per heavy atom. The number of β-lactam (4-membered cyclic amide) rings is 1. The van der Waals surface area contributed by atoms with Crippen LogP contribution in [0.5, 0.6) is 0 Å². The molecule has 2 aliphatic rings. The molecule has 4 heteroatoms. The third-order valence-electron chi connectivity index (χ3n) is 4.73. The molecular weight excluding hydrogens is 274 g/mol. The Bertz CT molecular complexity index is 729. The van der Waals surface area contributed by atoms with Crippen molar-refractivity contribution >= 4 is 11.6 Å². The number of para-hydroxylation sites is 1. The zero-order valence-electron chi connectivity index (χ0n) is 12.4. The number of hydrogen-bond donors (Lipinski definition) is 0. The molecule has 2 aromatic carbocycles. The number of carbonyl (C=O) groups is 1. The van der Waals surface area contributed by atoms with Gasteiger partial charge in [-0.1, -0.05) is 55.5 Å². The summed E-state index contributed by atoms with van der Waals surface area (Å²) in [6.45, 7) is 2.69. The van der Waals surface area contributed by atoms with Gasteiger partial charge in [0.05, 0.1) is 12.6 Å². The quantitative estimate of drug-likeness (QED) is 0.779. The van der Waals surface area contributed by atoms with Crippen LogP contribution in [0.2, 0.25) is 0 Å². The van der Waals surface area contributed by atoms with Crippen LogP contribution in [0.15, 0.2) is 70.9 Å². The van der Waals surface area contributed by atoms with Gasteiger partial charge in [0.25, 0.3) is 5.91 Å². The number of rotatable bonds is 2. The first kappa shape index (κ1) is 13.2. The second-order valence-electron chi connectivity index (χ2n) is 5.97. The molecule has 0 aromatic heterocycles. The average Bonchev–Trinajstić information content (AvgIpc) is 2.97. The zero-order valence-corrected chi connectivity index (χ0v) is 12.4. The molecule has 0 radical (unpaired) electrons. The first-order valence-electron chi connectivity index (χ1n) is 7.57. The molecule has 1 saturated heterocycles. The van der Waals surface area contributed by atoms with Gasteiger partial charge in [-0.05, 0) is 17.7 Å². The number of nitrogens with zero attached hydrogens (tertiary/aromatic N) is 3. The van der Waals surface area contributed by atoms with Gasteiger partial charge >= 0.3 is 0 Å². The fraction of sp³-hybridized carbons (Fsp3) is 0.278. The third-order valence-corrected chi connectivity index (χ3v) is 4.73. The summed E-state index contributed by atoms with van der Waals surface area (Å²) in [5.41, 5.74) is 1.30. The second-order valence-corrected chi connectivity index (χ2v) is 5.97. The van der Waals surface area contributed by atoms with E-state index in [4.69, 9.17) is 0 Å². The molecular formula is C18H17N3O. The SMILES string of the molecule is C[C@@H]1CN=N[C@@]12C(=O)N(c1ccccc1)[C@H]2c1ccccc1. The van der Waals surface area contributed by atoms with Gasteiger partial charge in [-0.15, -0.1) is 0 Å². The minimum Gasteiger partial charge on any atom is -0.300 e. The summed E-state index contributed by atoms with van der Waals surface area (Å²) in [5.74, 6) is 0.187. The highest BCUT2D eigenvalue weighted by Crippen LogP contribution is 2.54. The lowest BCUT2D eigenvalue weighted by molar-refractivity contribution is -0.134. The molecule has 0 bridgehead atoms. The smallest absolute Gasteiger partial charge is 0.260 e. The van der Waals surface area contributed by atoms with Crippen LogP contribution in [0.25, 0.3) is 0 Å². The molecule has 2 aromatic rings. The number of carbonyl (C=O) groups excluding carboxylic acids is 1. The van der Waals surface area contributed by atoms with E-state index < -0.39 is 5.54 Å². The van der Waals surface area contributed by atoms with Crippen LogP contribution in [-0.4, -0.2) is 18.0 Å². The van der Waals surface area contributed by atoms with Crippen molar-refractivity contribution in [1.82, 2.24) is 0 Å². The molecule has 0 saturated carbocycles. The van der Waals surface area contributed by atoms with Crippen LogP contribution in [0.3, 0.4) is 0 Å². The van der Waals surface area contributed by atoms with Gasteiger partial charge in [-0.25, -0.2) is 0 Å². The second kappa shape index (κ2) is 4.77. The minimum absolute atomic E-state index is 0.0568. The average molecular weight is 291 g/mol. The van der Waals surface area contributed by atoms with Gasteiger partial charge in [0.2, 0.25) is 0 Å². The highest BCUT2D eigenvalue weighted by atomic mass is 16.2. The molecule has 22 heavy (non-hydrogen) atoms. The Morgan fingerprint density at radius 2 is 1.68 bits per heavy atom. The summed E-state index contributed by atoms with van der Waals surface area (Å²) >= 11 is 0. The van der Waals surface area contributed by atoms with Crippen molar-refractivity contribution in [2.75, 3.05) is 11.4 Å². The van der Waals surface area contributed by atoms with Gasteiger partial charge in [0.1, 0.15) is 0 Å². The number of anilines is 1. The summed E-state index contributed by atoms with van der Waals surface area (Å²) in [5, 5.41) is 8.57. The number of amides is 1. The van der Waals surface area contributed by atoms with Crippen molar-refractivity contribution in [3.63, 3.8) is 0 Å². The largest absolute Gasteiger partial charge is 0.300 e. The van der Waals surface area contributed by atoms with Crippen molar-refractivity contribution < 1.29 is 4.79 Å². The van der Waals surface area contributed by atoms with E-state index in [2.05, 4.69) is 29.3 Å². The standard InChI is InChI=1S/C18H17N3O/c1-13-12-19-20-18(13)16(14-8-4-2-5-9-14)21(17(18)22)15-10-6-3-7-11-15/h2-11,13,16H,12H2,1H3/t13-,16+,18+/m1/s1. The zero-order chi connectivity index (χ0) is 15.2. The maximum atomic E-state index is 13.0. The van der Waals surface area contributed by atoms with Gasteiger partial charge < -0.3 is 0 Å². The fourth-order valence-electron chi connectivity index (χ4n) is 3.55. The van der Waals surface area contributed by atoms with Crippen LogP contribution in [0, 0.1) is 5.92 Å². The molecule has 3 atom stereocenters. The van der Waals surface area contributed by atoms with E-state index in [1.54, 1.807) is 0 Å². The lowest BCUT2D eigenvalue weighted by Crippen LogP contribution is -2.69. The number of benzene rings is 2. The lowest BCUT2D eigenvalue weighted by atomic mass is 9.68. The summed E-state index contributed by atoms with van der Waals surface area (Å²) < 4.78 is 0. The predicted molar refractivity (Wildman–Crippen MR) is 84.7 cm³/mol. The molecule has 1 amide bonds. The van der Waals surface area contributed by atoms with Crippen LogP contribution in [0.4, 0.5) is 5.69 Å². The molecule has 4 rings (SSSR count). The molecule has 0 N–H and O–H groups in total. The van der Waals surface area contributed by atoms with Gasteiger partial charge in [0.15, 0.2) is 5.54 Å². The van der Waals surface area contributed by atoms with E-state index >= 15 is 0 Å². The minimum atomic E-state index is -0.725.